The summed E-state index contributed by atoms with van der Waals surface area (Å²) < 4.78 is 0.577. The quantitative estimate of drug-likeness (QED) is 0.716. The van der Waals surface area contributed by atoms with Gasteiger partial charge < -0.3 is 14.8 Å². The van der Waals surface area contributed by atoms with Crippen molar-refractivity contribution < 1.29 is 9.59 Å². The zero-order valence-corrected chi connectivity index (χ0v) is 17.4. The average molecular weight is 410 g/mol. The lowest BCUT2D eigenvalue weighted by atomic mass is 10.1. The molecular formula is C21H22N4O3S. The molecule has 2 amide bonds. The van der Waals surface area contributed by atoms with Crippen molar-refractivity contribution in [3.05, 3.63) is 57.0 Å². The van der Waals surface area contributed by atoms with E-state index in [0.717, 1.165) is 16.8 Å². The maximum Gasteiger partial charge on any atom is 0.268 e. The molecule has 0 radical (unpaired) electrons. The number of carbonyl (C=O) groups is 2. The number of aromatic amines is 1. The molecule has 29 heavy (non-hydrogen) atoms. The Kier molecular flexibility index (Phi) is 4.96. The van der Waals surface area contributed by atoms with Crippen LogP contribution in [0.5, 0.6) is 0 Å². The van der Waals surface area contributed by atoms with Crippen molar-refractivity contribution in [2.45, 2.75) is 26.8 Å². The molecule has 4 rings (SSSR count). The fourth-order valence-electron chi connectivity index (χ4n) is 3.74. The molecular weight excluding hydrogens is 388 g/mol. The van der Waals surface area contributed by atoms with Crippen molar-refractivity contribution in [3.8, 4) is 0 Å². The molecule has 0 aliphatic carbocycles. The van der Waals surface area contributed by atoms with E-state index in [1.807, 2.05) is 37.4 Å². The van der Waals surface area contributed by atoms with Gasteiger partial charge in [-0.3, -0.25) is 14.4 Å². The van der Waals surface area contributed by atoms with Crippen molar-refractivity contribution >= 4 is 39.1 Å². The fraction of sp³-hybridized carbons (Fsp3) is 0.333. The molecule has 1 aliphatic rings. The summed E-state index contributed by atoms with van der Waals surface area (Å²) in [6.45, 7) is 4.55. The normalized spacial score (nSPS) is 16.6. The molecule has 3 heterocycles. The molecule has 150 valence electrons. The highest BCUT2D eigenvalue weighted by Crippen LogP contribution is 2.30. The molecule has 8 heteroatoms. The minimum atomic E-state index is -0.413. The summed E-state index contributed by atoms with van der Waals surface area (Å²) in [5.74, 6) is -0.146. The zero-order valence-electron chi connectivity index (χ0n) is 16.6. The molecule has 2 aromatic heterocycles. The highest BCUT2D eigenvalue weighted by atomic mass is 32.1. The summed E-state index contributed by atoms with van der Waals surface area (Å²) >= 11 is 1.34. The zero-order chi connectivity index (χ0) is 20.7. The number of anilines is 1. The SMILES string of the molecule is Cc1cccc(N2CC(C(=O)N(C)Cc3nc4ccsc4c(=O)[nH]3)CC2=O)c1C. The number of rotatable bonds is 4. The Balaban J connectivity index is 1.49. The topological polar surface area (TPSA) is 86.4 Å². The lowest BCUT2D eigenvalue weighted by Gasteiger charge is -2.22. The Hall–Kier alpha value is -3.00. The smallest absolute Gasteiger partial charge is 0.268 e. The van der Waals surface area contributed by atoms with Gasteiger partial charge in [-0.25, -0.2) is 4.98 Å². The van der Waals surface area contributed by atoms with Crippen LogP contribution in [0.25, 0.3) is 10.2 Å². The molecule has 7 nitrogen and oxygen atoms in total. The first-order chi connectivity index (χ1) is 13.8. The molecule has 1 aliphatic heterocycles. The summed E-state index contributed by atoms with van der Waals surface area (Å²) in [5.41, 5.74) is 3.46. The van der Waals surface area contributed by atoms with E-state index in [0.29, 0.717) is 22.6 Å². The van der Waals surface area contributed by atoms with Crippen molar-refractivity contribution in [2.75, 3.05) is 18.5 Å². The predicted molar refractivity (Wildman–Crippen MR) is 113 cm³/mol. The van der Waals surface area contributed by atoms with Gasteiger partial charge >= 0.3 is 0 Å². The molecule has 3 aromatic rings. The number of nitrogens with one attached hydrogen (secondary N) is 1. The highest BCUT2D eigenvalue weighted by molar-refractivity contribution is 7.17. The number of hydrogen-bond acceptors (Lipinski definition) is 5. The van der Waals surface area contributed by atoms with E-state index in [9.17, 15) is 14.4 Å². The number of aromatic nitrogens is 2. The summed E-state index contributed by atoms with van der Waals surface area (Å²) in [6.07, 6.45) is 0.185. The van der Waals surface area contributed by atoms with E-state index in [2.05, 4.69) is 9.97 Å². The van der Waals surface area contributed by atoms with Crippen LogP contribution in [0.1, 0.15) is 23.4 Å². The van der Waals surface area contributed by atoms with E-state index >= 15 is 0 Å². The third-order valence-corrected chi connectivity index (χ3v) is 6.37. The van der Waals surface area contributed by atoms with Crippen LogP contribution >= 0.6 is 11.3 Å². The predicted octanol–water partition coefficient (Wildman–Crippen LogP) is 2.61. The first-order valence-corrected chi connectivity index (χ1v) is 10.3. The largest absolute Gasteiger partial charge is 0.338 e. The van der Waals surface area contributed by atoms with Gasteiger partial charge in [-0.2, -0.15) is 0 Å². The van der Waals surface area contributed by atoms with Gasteiger partial charge in [-0.1, -0.05) is 12.1 Å². The Morgan fingerprint density at radius 1 is 1.31 bits per heavy atom. The third-order valence-electron chi connectivity index (χ3n) is 5.47. The number of benzene rings is 1. The van der Waals surface area contributed by atoms with Crippen LogP contribution in [-0.4, -0.2) is 40.3 Å². The molecule has 0 spiro atoms. The van der Waals surface area contributed by atoms with Gasteiger partial charge in [0.25, 0.3) is 5.56 Å². The summed E-state index contributed by atoms with van der Waals surface area (Å²) in [4.78, 5) is 48.1. The van der Waals surface area contributed by atoms with Crippen LogP contribution in [0.4, 0.5) is 5.69 Å². The molecule has 1 unspecified atom stereocenters. The van der Waals surface area contributed by atoms with E-state index in [4.69, 9.17) is 0 Å². The van der Waals surface area contributed by atoms with E-state index in [1.165, 1.54) is 16.2 Å². The Labute approximate surface area is 172 Å². The van der Waals surface area contributed by atoms with Gasteiger partial charge in [0.2, 0.25) is 11.8 Å². The summed E-state index contributed by atoms with van der Waals surface area (Å²) in [7, 11) is 1.67. The number of carbonyl (C=O) groups excluding carboxylic acids is 2. The van der Waals surface area contributed by atoms with Gasteiger partial charge in [0.1, 0.15) is 10.5 Å². The molecule has 1 N–H and O–H groups in total. The van der Waals surface area contributed by atoms with Crippen LogP contribution in [0, 0.1) is 19.8 Å². The molecule has 1 atom stereocenters. The number of fused-ring (bicyclic) bond motifs is 1. The molecule has 0 bridgehead atoms. The molecule has 0 saturated carbocycles. The van der Waals surface area contributed by atoms with E-state index in [-0.39, 0.29) is 30.3 Å². The van der Waals surface area contributed by atoms with Crippen molar-refractivity contribution in [1.29, 1.82) is 0 Å². The maximum absolute atomic E-state index is 13.0. The van der Waals surface area contributed by atoms with Crippen molar-refractivity contribution in [1.82, 2.24) is 14.9 Å². The number of amides is 2. The molecule has 1 saturated heterocycles. The lowest BCUT2D eigenvalue weighted by molar-refractivity contribution is -0.135. The van der Waals surface area contributed by atoms with Crippen LogP contribution in [0.3, 0.4) is 0 Å². The molecule has 1 fully saturated rings. The highest BCUT2D eigenvalue weighted by Gasteiger charge is 2.37. The number of nitrogens with zero attached hydrogens (tertiary/aromatic N) is 3. The van der Waals surface area contributed by atoms with Gasteiger partial charge in [-0.05, 0) is 42.5 Å². The second-order valence-electron chi connectivity index (χ2n) is 7.47. The number of thiophene rings is 1. The van der Waals surface area contributed by atoms with Crippen LogP contribution in [0.15, 0.2) is 34.4 Å². The Morgan fingerprint density at radius 2 is 2.10 bits per heavy atom. The van der Waals surface area contributed by atoms with Crippen LogP contribution in [-0.2, 0) is 16.1 Å². The first-order valence-electron chi connectivity index (χ1n) is 9.43. The number of hydrogen-bond donors (Lipinski definition) is 1. The van der Waals surface area contributed by atoms with Crippen molar-refractivity contribution in [3.63, 3.8) is 0 Å². The number of H-pyrrole nitrogens is 1. The summed E-state index contributed by atoms with van der Waals surface area (Å²) in [6, 6.07) is 7.64. The number of aryl methyl sites for hydroxylation is 1. The average Bonchev–Trinajstić information content (AvgIpc) is 3.30. The van der Waals surface area contributed by atoms with Crippen molar-refractivity contribution in [2.24, 2.45) is 5.92 Å². The molecule has 1 aromatic carbocycles. The Bertz CT molecular complexity index is 1170. The van der Waals surface area contributed by atoms with Gasteiger partial charge in [-0.15, -0.1) is 11.3 Å². The first kappa shape index (κ1) is 19.3. The Morgan fingerprint density at radius 3 is 2.90 bits per heavy atom. The monoisotopic (exact) mass is 410 g/mol. The van der Waals surface area contributed by atoms with E-state index in [1.54, 1.807) is 18.0 Å². The standard InChI is InChI=1S/C21H22N4O3S/c1-12-5-4-6-16(13(12)2)25-10-14(9-18(25)26)21(28)24(3)11-17-22-15-7-8-29-19(15)20(27)23-17/h4-8,14H,9-11H2,1-3H3,(H,22,23,27). The minimum Gasteiger partial charge on any atom is -0.338 e. The summed E-state index contributed by atoms with van der Waals surface area (Å²) in [5, 5.41) is 1.82. The van der Waals surface area contributed by atoms with E-state index < -0.39 is 5.92 Å². The maximum atomic E-state index is 13.0. The van der Waals surface area contributed by atoms with Gasteiger partial charge in [0, 0.05) is 25.7 Å². The lowest BCUT2D eigenvalue weighted by Crippen LogP contribution is -2.35. The fourth-order valence-corrected chi connectivity index (χ4v) is 4.47. The second-order valence-corrected chi connectivity index (χ2v) is 8.38. The minimum absolute atomic E-state index is 0.0447. The van der Waals surface area contributed by atoms with Gasteiger partial charge in [0.05, 0.1) is 18.0 Å². The second kappa shape index (κ2) is 7.44. The third kappa shape index (κ3) is 3.55. The van der Waals surface area contributed by atoms with Crippen LogP contribution < -0.4 is 10.5 Å². The van der Waals surface area contributed by atoms with Gasteiger partial charge in [0.15, 0.2) is 0 Å². The van der Waals surface area contributed by atoms with Crippen LogP contribution in [0.2, 0.25) is 0 Å².